The quantitative estimate of drug-likeness (QED) is 0.381. The number of rotatable bonds is 1. The molecular formula is C6H8O4. The Morgan fingerprint density at radius 3 is 2.70 bits per heavy atom. The predicted molar refractivity (Wildman–Crippen MR) is 30.2 cm³/mol. The van der Waals surface area contributed by atoms with Gasteiger partial charge in [0.2, 0.25) is 0 Å². The average Bonchev–Trinajstić information content (AvgIpc) is 2.61. The molecule has 0 spiro atoms. The van der Waals surface area contributed by atoms with Crippen molar-refractivity contribution in [2.75, 3.05) is 6.61 Å². The molecule has 0 aliphatic carbocycles. The van der Waals surface area contributed by atoms with Crippen molar-refractivity contribution in [1.29, 1.82) is 0 Å². The van der Waals surface area contributed by atoms with Crippen molar-refractivity contribution in [2.45, 2.75) is 24.7 Å². The summed E-state index contributed by atoms with van der Waals surface area (Å²) in [5, 5.41) is 9.14. The van der Waals surface area contributed by atoms with Crippen LogP contribution in [0.2, 0.25) is 0 Å². The monoisotopic (exact) mass is 144 g/mol. The molecule has 1 N–H and O–H groups in total. The first kappa shape index (κ1) is 6.12. The van der Waals surface area contributed by atoms with Gasteiger partial charge in [0.15, 0.2) is 6.10 Å². The largest absolute Gasteiger partial charge is 0.457 e. The van der Waals surface area contributed by atoms with E-state index < -0.39 is 12.2 Å². The molecule has 0 aromatic carbocycles. The van der Waals surface area contributed by atoms with Crippen molar-refractivity contribution in [3.05, 3.63) is 0 Å². The van der Waals surface area contributed by atoms with E-state index in [9.17, 15) is 4.79 Å². The Bertz CT molecular complexity index is 163. The molecule has 0 bridgehead atoms. The number of carbonyl (C=O) groups is 1. The number of hydrogen-bond donors (Lipinski definition) is 1. The van der Waals surface area contributed by atoms with E-state index in [1.165, 1.54) is 0 Å². The normalized spacial score (nSPS) is 45.3. The number of cyclic esters (lactones) is 1. The molecule has 0 amide bonds. The molecule has 0 saturated carbocycles. The lowest BCUT2D eigenvalue weighted by Gasteiger charge is -2.07. The molecule has 0 unspecified atom stereocenters. The lowest BCUT2D eigenvalue weighted by Crippen LogP contribution is -2.26. The van der Waals surface area contributed by atoms with Gasteiger partial charge in [0, 0.05) is 0 Å². The van der Waals surface area contributed by atoms with Crippen LogP contribution < -0.4 is 0 Å². The van der Waals surface area contributed by atoms with Crippen LogP contribution in [0.25, 0.3) is 0 Å². The van der Waals surface area contributed by atoms with Gasteiger partial charge in [-0.1, -0.05) is 0 Å². The third-order valence-corrected chi connectivity index (χ3v) is 1.75. The second-order valence-electron chi connectivity index (χ2n) is 2.60. The highest BCUT2D eigenvalue weighted by molar-refractivity contribution is 5.72. The summed E-state index contributed by atoms with van der Waals surface area (Å²) in [6.45, 7) is 0.606. The fourth-order valence-corrected chi connectivity index (χ4v) is 1.13. The van der Waals surface area contributed by atoms with Gasteiger partial charge in [-0.3, -0.25) is 4.79 Å². The smallest absolute Gasteiger partial charge is 0.309 e. The molecule has 2 heterocycles. The second kappa shape index (κ2) is 1.93. The second-order valence-corrected chi connectivity index (χ2v) is 2.60. The fraction of sp³-hybridized carbons (Fsp3) is 0.833. The third kappa shape index (κ3) is 0.892. The zero-order valence-electron chi connectivity index (χ0n) is 5.32. The molecule has 0 radical (unpaired) electrons. The summed E-state index contributed by atoms with van der Waals surface area (Å²) in [5.41, 5.74) is 0. The van der Waals surface area contributed by atoms with E-state index in [0.717, 1.165) is 0 Å². The molecule has 10 heavy (non-hydrogen) atoms. The van der Waals surface area contributed by atoms with Gasteiger partial charge in [-0.15, -0.1) is 0 Å². The summed E-state index contributed by atoms with van der Waals surface area (Å²) in [7, 11) is 0. The minimum Gasteiger partial charge on any atom is -0.457 e. The van der Waals surface area contributed by atoms with Crippen LogP contribution in [0.4, 0.5) is 0 Å². The number of aliphatic hydroxyl groups is 1. The molecule has 0 aromatic rings. The Morgan fingerprint density at radius 1 is 1.60 bits per heavy atom. The minimum absolute atomic E-state index is 0.0403. The van der Waals surface area contributed by atoms with Crippen molar-refractivity contribution in [1.82, 2.24) is 0 Å². The summed E-state index contributed by atoms with van der Waals surface area (Å²) in [6, 6.07) is 0. The van der Waals surface area contributed by atoms with Gasteiger partial charge in [0.1, 0.15) is 12.2 Å². The first-order valence-corrected chi connectivity index (χ1v) is 3.26. The summed E-state index contributed by atoms with van der Waals surface area (Å²) >= 11 is 0. The van der Waals surface area contributed by atoms with Crippen molar-refractivity contribution >= 4 is 5.97 Å². The van der Waals surface area contributed by atoms with Crippen molar-refractivity contribution in [3.8, 4) is 0 Å². The highest BCUT2D eigenvalue weighted by Crippen LogP contribution is 2.26. The lowest BCUT2D eigenvalue weighted by molar-refractivity contribution is -0.142. The van der Waals surface area contributed by atoms with Crippen molar-refractivity contribution in [3.63, 3.8) is 0 Å². The van der Waals surface area contributed by atoms with Crippen molar-refractivity contribution in [2.24, 2.45) is 0 Å². The summed E-state index contributed by atoms with van der Waals surface area (Å²) in [4.78, 5) is 10.6. The van der Waals surface area contributed by atoms with E-state index in [2.05, 4.69) is 0 Å². The zero-order chi connectivity index (χ0) is 7.14. The van der Waals surface area contributed by atoms with Crippen LogP contribution in [0, 0.1) is 0 Å². The van der Waals surface area contributed by atoms with Gasteiger partial charge in [-0.25, -0.2) is 0 Å². The van der Waals surface area contributed by atoms with Gasteiger partial charge in [0.05, 0.1) is 13.0 Å². The van der Waals surface area contributed by atoms with E-state index in [0.29, 0.717) is 6.61 Å². The molecule has 3 atom stereocenters. The number of hydrogen-bond acceptors (Lipinski definition) is 4. The van der Waals surface area contributed by atoms with E-state index >= 15 is 0 Å². The van der Waals surface area contributed by atoms with Gasteiger partial charge in [0.25, 0.3) is 0 Å². The average molecular weight is 144 g/mol. The Hall–Kier alpha value is -0.610. The molecule has 56 valence electrons. The summed E-state index contributed by atoms with van der Waals surface area (Å²) in [6.07, 6.45) is -0.973. The predicted octanol–water partition coefficient (Wildman–Crippen LogP) is -0.938. The lowest BCUT2D eigenvalue weighted by atomic mass is 10.1. The van der Waals surface area contributed by atoms with E-state index in [1.54, 1.807) is 0 Å². The van der Waals surface area contributed by atoms with Crippen LogP contribution >= 0.6 is 0 Å². The number of esters is 1. The molecule has 2 aliphatic rings. The highest BCUT2D eigenvalue weighted by atomic mass is 16.6. The van der Waals surface area contributed by atoms with Crippen LogP contribution in [0.15, 0.2) is 0 Å². The SMILES string of the molecule is O=C1C[C@@H](O)[C@@H]([C@@H]2CO2)O1. The van der Waals surface area contributed by atoms with Gasteiger partial charge in [-0.05, 0) is 0 Å². The van der Waals surface area contributed by atoms with E-state index in [-0.39, 0.29) is 18.5 Å². The zero-order valence-corrected chi connectivity index (χ0v) is 5.32. The van der Waals surface area contributed by atoms with Crippen LogP contribution in [0.5, 0.6) is 0 Å². The van der Waals surface area contributed by atoms with Gasteiger partial charge < -0.3 is 14.6 Å². The Labute approximate surface area is 57.7 Å². The molecule has 4 nitrogen and oxygen atoms in total. The summed E-state index contributed by atoms with van der Waals surface area (Å²) < 4.78 is 9.66. The highest BCUT2D eigenvalue weighted by Gasteiger charge is 2.45. The minimum atomic E-state index is -0.653. The molecule has 2 rings (SSSR count). The Balaban J connectivity index is 2.01. The topological polar surface area (TPSA) is 59.1 Å². The number of carbonyl (C=O) groups excluding carboxylic acids is 1. The number of aliphatic hydroxyl groups excluding tert-OH is 1. The van der Waals surface area contributed by atoms with Crippen LogP contribution in [0.1, 0.15) is 6.42 Å². The van der Waals surface area contributed by atoms with E-state index in [4.69, 9.17) is 14.6 Å². The van der Waals surface area contributed by atoms with Crippen LogP contribution in [-0.4, -0.2) is 36.0 Å². The van der Waals surface area contributed by atoms with Crippen molar-refractivity contribution < 1.29 is 19.4 Å². The molecule has 4 heteroatoms. The maximum Gasteiger partial charge on any atom is 0.309 e. The maximum atomic E-state index is 10.6. The van der Waals surface area contributed by atoms with Gasteiger partial charge >= 0.3 is 5.97 Å². The fourth-order valence-electron chi connectivity index (χ4n) is 1.13. The maximum absolute atomic E-state index is 10.6. The molecular weight excluding hydrogens is 136 g/mol. The first-order chi connectivity index (χ1) is 4.77. The summed E-state index contributed by atoms with van der Waals surface area (Å²) in [5.74, 6) is -0.326. The molecule has 0 aromatic heterocycles. The van der Waals surface area contributed by atoms with E-state index in [1.807, 2.05) is 0 Å². The Morgan fingerprint density at radius 2 is 2.30 bits per heavy atom. The molecule has 2 aliphatic heterocycles. The number of epoxide rings is 1. The number of ether oxygens (including phenoxy) is 2. The third-order valence-electron chi connectivity index (χ3n) is 1.75. The van der Waals surface area contributed by atoms with Crippen LogP contribution in [0.3, 0.4) is 0 Å². The molecule has 2 fully saturated rings. The Kier molecular flexibility index (Phi) is 1.18. The van der Waals surface area contributed by atoms with Gasteiger partial charge in [-0.2, -0.15) is 0 Å². The molecule has 2 saturated heterocycles. The van der Waals surface area contributed by atoms with Crippen LogP contribution in [-0.2, 0) is 14.3 Å². The standard InChI is InChI=1S/C6H8O4/c7-3-1-5(8)10-6(3)4-2-9-4/h3-4,6-7H,1-2H2/t3-,4+,6+/m1/s1. The first-order valence-electron chi connectivity index (χ1n) is 3.26.